The van der Waals surface area contributed by atoms with Crippen LogP contribution in [0.5, 0.6) is 11.5 Å². The van der Waals surface area contributed by atoms with Gasteiger partial charge < -0.3 is 19.5 Å². The van der Waals surface area contributed by atoms with Crippen molar-refractivity contribution in [3.63, 3.8) is 0 Å². The lowest BCUT2D eigenvalue weighted by Crippen LogP contribution is -2.39. The third-order valence-electron chi connectivity index (χ3n) is 7.72. The molecule has 0 saturated heterocycles. The maximum Gasteiger partial charge on any atom is 0.305 e. The standard InChI is InChI=1S/C31H32BrNO6/c1-18-9-11-19(12-10-18)17-39-31-21(32)15-20(16-26(31)38-2)28-29-22(5-3-7-24(29)34)33(14-13-27(36)37)23-6-4-8-25(35)30(23)28/h9-12,15-16,28H,3-8,13-14,17H2,1-2H3,(H,36,37). The van der Waals surface area contributed by atoms with Gasteiger partial charge in [-0.2, -0.15) is 0 Å². The van der Waals surface area contributed by atoms with Gasteiger partial charge in [0.25, 0.3) is 0 Å². The zero-order chi connectivity index (χ0) is 27.7. The number of Topliss-reactive ketones (excluding diaryl/α,β-unsaturated/α-hetero) is 2. The van der Waals surface area contributed by atoms with Crippen LogP contribution in [-0.4, -0.2) is 41.2 Å². The Labute approximate surface area is 236 Å². The molecule has 2 aromatic carbocycles. The fourth-order valence-corrected chi connectivity index (χ4v) is 6.49. The third kappa shape index (κ3) is 5.39. The van der Waals surface area contributed by atoms with Gasteiger partial charge in [-0.3, -0.25) is 14.4 Å². The molecule has 1 aliphatic heterocycles. The normalized spacial score (nSPS) is 17.8. The van der Waals surface area contributed by atoms with Crippen LogP contribution in [0, 0.1) is 6.92 Å². The van der Waals surface area contributed by atoms with Crippen LogP contribution in [0.15, 0.2) is 63.4 Å². The fourth-order valence-electron chi connectivity index (χ4n) is 5.91. The average molecular weight is 595 g/mol. The number of ether oxygens (including phenoxy) is 2. The van der Waals surface area contributed by atoms with Gasteiger partial charge in [0.05, 0.1) is 18.0 Å². The first kappa shape index (κ1) is 27.2. The predicted octanol–water partition coefficient (Wildman–Crippen LogP) is 6.23. The monoisotopic (exact) mass is 593 g/mol. The molecule has 1 heterocycles. The number of benzene rings is 2. The maximum atomic E-state index is 13.5. The second kappa shape index (κ2) is 11.4. The molecule has 0 saturated carbocycles. The molecular weight excluding hydrogens is 562 g/mol. The first-order chi connectivity index (χ1) is 18.8. The summed E-state index contributed by atoms with van der Waals surface area (Å²) < 4.78 is 12.6. The minimum atomic E-state index is -0.902. The highest BCUT2D eigenvalue weighted by Gasteiger charge is 2.43. The largest absolute Gasteiger partial charge is 0.493 e. The molecule has 2 aromatic rings. The predicted molar refractivity (Wildman–Crippen MR) is 150 cm³/mol. The molecule has 0 atom stereocenters. The van der Waals surface area contributed by atoms with Gasteiger partial charge in [0.15, 0.2) is 23.1 Å². The molecule has 0 unspecified atom stereocenters. The van der Waals surface area contributed by atoms with E-state index in [1.807, 2.05) is 48.2 Å². The van der Waals surface area contributed by atoms with E-state index in [-0.39, 0.29) is 24.5 Å². The summed E-state index contributed by atoms with van der Waals surface area (Å²) >= 11 is 3.67. The molecule has 0 spiro atoms. The summed E-state index contributed by atoms with van der Waals surface area (Å²) in [6.45, 7) is 2.65. The summed E-state index contributed by atoms with van der Waals surface area (Å²) in [6.07, 6.45) is 3.54. The second-order valence-electron chi connectivity index (χ2n) is 10.3. The number of allylic oxidation sites excluding steroid dienone is 4. The second-order valence-corrected chi connectivity index (χ2v) is 11.2. The number of hydrogen-bond donors (Lipinski definition) is 1. The Hall–Kier alpha value is -3.39. The number of ketones is 2. The van der Waals surface area contributed by atoms with E-state index in [0.717, 1.165) is 22.5 Å². The number of hydrogen-bond acceptors (Lipinski definition) is 6. The molecule has 0 aromatic heterocycles. The van der Waals surface area contributed by atoms with Crippen molar-refractivity contribution < 1.29 is 29.0 Å². The van der Waals surface area contributed by atoms with Gasteiger partial charge in [-0.25, -0.2) is 0 Å². The molecule has 39 heavy (non-hydrogen) atoms. The topological polar surface area (TPSA) is 93.1 Å². The number of carbonyl (C=O) groups is 3. The number of carbonyl (C=O) groups excluding carboxylic acids is 2. The lowest BCUT2D eigenvalue weighted by Gasteiger charge is -2.44. The summed E-state index contributed by atoms with van der Waals surface area (Å²) in [5, 5.41) is 9.39. The van der Waals surface area contributed by atoms with Crippen LogP contribution in [0.4, 0.5) is 0 Å². The highest BCUT2D eigenvalue weighted by Crippen LogP contribution is 2.51. The summed E-state index contributed by atoms with van der Waals surface area (Å²) in [4.78, 5) is 40.3. The number of aryl methyl sites for hydroxylation is 1. The number of halogens is 1. The lowest BCUT2D eigenvalue weighted by molar-refractivity contribution is -0.137. The lowest BCUT2D eigenvalue weighted by atomic mass is 9.71. The Morgan fingerprint density at radius 2 is 1.62 bits per heavy atom. The molecule has 0 radical (unpaired) electrons. The Morgan fingerprint density at radius 1 is 1.00 bits per heavy atom. The molecule has 5 rings (SSSR count). The van der Waals surface area contributed by atoms with Crippen molar-refractivity contribution in [2.24, 2.45) is 0 Å². The number of rotatable bonds is 8. The molecule has 1 N–H and O–H groups in total. The van der Waals surface area contributed by atoms with Crippen molar-refractivity contribution in [2.45, 2.75) is 64.4 Å². The van der Waals surface area contributed by atoms with Gasteiger partial charge in [-0.1, -0.05) is 29.8 Å². The molecule has 8 heteroatoms. The van der Waals surface area contributed by atoms with Crippen LogP contribution in [0.2, 0.25) is 0 Å². The molecule has 3 aliphatic rings. The minimum Gasteiger partial charge on any atom is -0.493 e. The third-order valence-corrected chi connectivity index (χ3v) is 8.31. The highest BCUT2D eigenvalue weighted by molar-refractivity contribution is 9.10. The van der Waals surface area contributed by atoms with Crippen molar-refractivity contribution in [3.05, 3.63) is 80.1 Å². The van der Waals surface area contributed by atoms with Crippen LogP contribution in [0.1, 0.15) is 67.6 Å². The molecule has 0 fully saturated rings. The van der Waals surface area contributed by atoms with Crippen LogP contribution in [-0.2, 0) is 21.0 Å². The number of carboxylic acid groups (broad SMARTS) is 1. The van der Waals surface area contributed by atoms with Crippen LogP contribution in [0.25, 0.3) is 0 Å². The first-order valence-electron chi connectivity index (χ1n) is 13.4. The van der Waals surface area contributed by atoms with E-state index in [4.69, 9.17) is 9.47 Å². The summed E-state index contributed by atoms with van der Waals surface area (Å²) in [5.74, 6) is -0.333. The Morgan fingerprint density at radius 3 is 2.18 bits per heavy atom. The molecule has 2 aliphatic carbocycles. The first-order valence-corrected chi connectivity index (χ1v) is 14.1. The van der Waals surface area contributed by atoms with E-state index in [2.05, 4.69) is 15.9 Å². The van der Waals surface area contributed by atoms with E-state index >= 15 is 0 Å². The van der Waals surface area contributed by atoms with Gasteiger partial charge in [0.1, 0.15) is 6.61 Å². The minimum absolute atomic E-state index is 0.0151. The number of nitrogens with zero attached hydrogens (tertiary/aromatic N) is 1. The fraction of sp³-hybridized carbons (Fsp3) is 0.387. The zero-order valence-electron chi connectivity index (χ0n) is 22.2. The molecule has 0 bridgehead atoms. The quantitative estimate of drug-likeness (QED) is 0.387. The Balaban J connectivity index is 1.58. The Kier molecular flexibility index (Phi) is 7.93. The van der Waals surface area contributed by atoms with Crippen molar-refractivity contribution in [3.8, 4) is 11.5 Å². The molecular formula is C31H32BrNO6. The van der Waals surface area contributed by atoms with E-state index in [9.17, 15) is 19.5 Å². The highest BCUT2D eigenvalue weighted by atomic mass is 79.9. The van der Waals surface area contributed by atoms with Gasteiger partial charge in [-0.15, -0.1) is 0 Å². The van der Waals surface area contributed by atoms with E-state index in [1.54, 1.807) is 7.11 Å². The zero-order valence-corrected chi connectivity index (χ0v) is 23.8. The number of aliphatic carboxylic acids is 1. The van der Waals surface area contributed by atoms with Crippen molar-refractivity contribution >= 4 is 33.5 Å². The van der Waals surface area contributed by atoms with Crippen molar-refractivity contribution in [1.29, 1.82) is 0 Å². The maximum absolute atomic E-state index is 13.5. The number of carboxylic acids is 1. The SMILES string of the molecule is COc1cc(C2C3=C(CCCC3=O)N(CCC(=O)O)C3=C2C(=O)CCC3)cc(Br)c1OCc1ccc(C)cc1. The van der Waals surface area contributed by atoms with Gasteiger partial charge in [-0.05, 0) is 71.8 Å². The summed E-state index contributed by atoms with van der Waals surface area (Å²) in [6, 6.07) is 11.9. The van der Waals surface area contributed by atoms with Crippen molar-refractivity contribution in [1.82, 2.24) is 4.90 Å². The van der Waals surface area contributed by atoms with E-state index in [0.29, 0.717) is 72.2 Å². The van der Waals surface area contributed by atoms with E-state index in [1.165, 1.54) is 5.56 Å². The summed E-state index contributed by atoms with van der Waals surface area (Å²) in [7, 11) is 1.58. The smallest absolute Gasteiger partial charge is 0.305 e. The number of methoxy groups -OCH3 is 1. The van der Waals surface area contributed by atoms with E-state index < -0.39 is 11.9 Å². The van der Waals surface area contributed by atoms with Gasteiger partial charge in [0, 0.05) is 47.8 Å². The van der Waals surface area contributed by atoms with Crippen LogP contribution < -0.4 is 9.47 Å². The van der Waals surface area contributed by atoms with Crippen LogP contribution >= 0.6 is 15.9 Å². The van der Waals surface area contributed by atoms with Crippen molar-refractivity contribution in [2.75, 3.05) is 13.7 Å². The van der Waals surface area contributed by atoms with Gasteiger partial charge >= 0.3 is 5.97 Å². The van der Waals surface area contributed by atoms with Crippen LogP contribution in [0.3, 0.4) is 0 Å². The average Bonchev–Trinajstić information content (AvgIpc) is 2.91. The Bertz CT molecular complexity index is 1350. The summed E-state index contributed by atoms with van der Waals surface area (Å²) in [5.41, 5.74) is 5.93. The molecule has 204 valence electrons. The van der Waals surface area contributed by atoms with Gasteiger partial charge in [0.2, 0.25) is 0 Å². The molecule has 7 nitrogen and oxygen atoms in total. The molecule has 0 amide bonds.